The van der Waals surface area contributed by atoms with Gasteiger partial charge in [-0.3, -0.25) is 0 Å². The molecule has 4 rings (SSSR count). The van der Waals surface area contributed by atoms with Crippen molar-refractivity contribution in [2.24, 2.45) is 0 Å². The van der Waals surface area contributed by atoms with E-state index in [-0.39, 0.29) is 10.3 Å². The van der Waals surface area contributed by atoms with Crippen LogP contribution in [0.2, 0.25) is 0 Å². The summed E-state index contributed by atoms with van der Waals surface area (Å²) in [5.41, 5.74) is 4.67. The van der Waals surface area contributed by atoms with Crippen LogP contribution in [0.3, 0.4) is 0 Å². The first kappa shape index (κ1) is 21.0. The summed E-state index contributed by atoms with van der Waals surface area (Å²) < 4.78 is 26.5. The van der Waals surface area contributed by atoms with Crippen LogP contribution in [0.15, 0.2) is 65.8 Å². The van der Waals surface area contributed by atoms with Crippen molar-refractivity contribution in [3.8, 4) is 11.3 Å². The molecule has 2 aromatic carbocycles. The fourth-order valence-electron chi connectivity index (χ4n) is 3.34. The Morgan fingerprint density at radius 3 is 2.39 bits per heavy atom. The van der Waals surface area contributed by atoms with E-state index in [0.717, 1.165) is 16.6 Å². The first-order valence-corrected chi connectivity index (χ1v) is 11.4. The summed E-state index contributed by atoms with van der Waals surface area (Å²) >= 11 is 0. The number of sulfonamides is 1. The van der Waals surface area contributed by atoms with E-state index in [2.05, 4.69) is 70.0 Å². The molecule has 2 aromatic heterocycles. The maximum Gasteiger partial charge on any atom is 0.240 e. The first-order valence-electron chi connectivity index (χ1n) is 9.93. The molecular formula is C23H25N5O2S. The molecule has 8 heteroatoms. The second-order valence-electron chi connectivity index (χ2n) is 8.36. The number of anilines is 2. The zero-order valence-corrected chi connectivity index (χ0v) is 18.7. The van der Waals surface area contributed by atoms with E-state index in [9.17, 15) is 8.42 Å². The summed E-state index contributed by atoms with van der Waals surface area (Å²) in [5, 5.41) is 4.03. The standard InChI is InChI=1S/C23H25N5O2S/c1-23(2,3)16-10-8-15(9-11-16)20-13-19-21(25-14-26-22(19)28-20)27-17-6-5-7-18(12-17)31(29,30)24-4/h5-14,24H,1-4H3,(H2,25,26,27,28). The summed E-state index contributed by atoms with van der Waals surface area (Å²) in [5.74, 6) is 0.595. The third kappa shape index (κ3) is 4.30. The number of fused-ring (bicyclic) bond motifs is 1. The molecular weight excluding hydrogens is 410 g/mol. The number of hydrogen-bond donors (Lipinski definition) is 3. The average molecular weight is 436 g/mol. The van der Waals surface area contributed by atoms with Crippen LogP contribution >= 0.6 is 0 Å². The lowest BCUT2D eigenvalue weighted by Gasteiger charge is -2.18. The second-order valence-corrected chi connectivity index (χ2v) is 10.2. The normalized spacial score (nSPS) is 12.3. The maximum atomic E-state index is 12.1. The average Bonchev–Trinajstić information content (AvgIpc) is 3.19. The molecule has 0 bridgehead atoms. The van der Waals surface area contributed by atoms with E-state index in [1.807, 2.05) is 6.07 Å². The number of hydrogen-bond acceptors (Lipinski definition) is 5. The van der Waals surface area contributed by atoms with Gasteiger partial charge in [0, 0.05) is 11.4 Å². The molecule has 31 heavy (non-hydrogen) atoms. The van der Waals surface area contributed by atoms with Gasteiger partial charge in [0.2, 0.25) is 10.0 Å². The Bertz CT molecular complexity index is 1340. The van der Waals surface area contributed by atoms with E-state index in [1.165, 1.54) is 18.9 Å². The zero-order chi connectivity index (χ0) is 22.2. The molecule has 0 aliphatic carbocycles. The Labute approximate surface area is 182 Å². The number of rotatable bonds is 5. The Kier molecular flexibility index (Phi) is 5.28. The number of benzene rings is 2. The van der Waals surface area contributed by atoms with Crippen LogP contribution < -0.4 is 10.0 Å². The van der Waals surface area contributed by atoms with Crippen molar-refractivity contribution < 1.29 is 8.42 Å². The second kappa shape index (κ2) is 7.79. The Morgan fingerprint density at radius 1 is 0.968 bits per heavy atom. The van der Waals surface area contributed by atoms with Crippen molar-refractivity contribution in [3.05, 3.63) is 66.5 Å². The minimum absolute atomic E-state index is 0.0941. The van der Waals surface area contributed by atoms with Crippen molar-refractivity contribution in [2.75, 3.05) is 12.4 Å². The van der Waals surface area contributed by atoms with Crippen molar-refractivity contribution in [3.63, 3.8) is 0 Å². The van der Waals surface area contributed by atoms with E-state index >= 15 is 0 Å². The van der Waals surface area contributed by atoms with Crippen LogP contribution in [0.5, 0.6) is 0 Å². The van der Waals surface area contributed by atoms with Crippen LogP contribution in [0.4, 0.5) is 11.5 Å². The lowest BCUT2D eigenvalue weighted by Crippen LogP contribution is -2.18. The van der Waals surface area contributed by atoms with Gasteiger partial charge in [0.15, 0.2) is 0 Å². The molecule has 2 heterocycles. The SMILES string of the molecule is CNS(=O)(=O)c1cccc(Nc2ncnc3[nH]c(-c4ccc(C(C)(C)C)cc4)cc23)c1. The van der Waals surface area contributed by atoms with Crippen LogP contribution in [0.25, 0.3) is 22.3 Å². The number of nitrogens with one attached hydrogen (secondary N) is 3. The lowest BCUT2D eigenvalue weighted by atomic mass is 9.86. The van der Waals surface area contributed by atoms with E-state index in [0.29, 0.717) is 17.2 Å². The third-order valence-electron chi connectivity index (χ3n) is 5.16. The van der Waals surface area contributed by atoms with Gasteiger partial charge in [0.05, 0.1) is 10.3 Å². The number of aromatic amines is 1. The van der Waals surface area contributed by atoms with Gasteiger partial charge in [-0.2, -0.15) is 0 Å². The summed E-state index contributed by atoms with van der Waals surface area (Å²) in [6.45, 7) is 6.57. The molecule has 0 unspecified atom stereocenters. The van der Waals surface area contributed by atoms with Crippen LogP contribution in [0, 0.1) is 0 Å². The molecule has 7 nitrogen and oxygen atoms in total. The van der Waals surface area contributed by atoms with E-state index in [4.69, 9.17) is 0 Å². The Morgan fingerprint density at radius 2 is 1.71 bits per heavy atom. The highest BCUT2D eigenvalue weighted by Crippen LogP contribution is 2.30. The molecule has 4 aromatic rings. The molecule has 0 saturated carbocycles. The van der Waals surface area contributed by atoms with Crippen LogP contribution in [-0.4, -0.2) is 30.4 Å². The van der Waals surface area contributed by atoms with Crippen molar-refractivity contribution in [1.82, 2.24) is 19.7 Å². The smallest absolute Gasteiger partial charge is 0.240 e. The molecule has 0 amide bonds. The monoisotopic (exact) mass is 435 g/mol. The fraction of sp³-hybridized carbons (Fsp3) is 0.217. The Hall–Kier alpha value is -3.23. The third-order valence-corrected chi connectivity index (χ3v) is 6.58. The van der Waals surface area contributed by atoms with Gasteiger partial charge in [-0.25, -0.2) is 23.1 Å². The summed E-state index contributed by atoms with van der Waals surface area (Å²) in [7, 11) is -2.14. The van der Waals surface area contributed by atoms with Crippen molar-refractivity contribution >= 4 is 32.6 Å². The first-order chi connectivity index (χ1) is 14.7. The minimum Gasteiger partial charge on any atom is -0.340 e. The summed E-state index contributed by atoms with van der Waals surface area (Å²) in [4.78, 5) is 12.2. The molecule has 0 aliphatic heterocycles. The molecule has 0 saturated heterocycles. The predicted octanol–water partition coefficient (Wildman–Crippen LogP) is 4.57. The predicted molar refractivity (Wildman–Crippen MR) is 124 cm³/mol. The molecule has 0 fully saturated rings. The van der Waals surface area contributed by atoms with Crippen LogP contribution in [-0.2, 0) is 15.4 Å². The van der Waals surface area contributed by atoms with Crippen molar-refractivity contribution in [2.45, 2.75) is 31.1 Å². The number of nitrogens with zero attached hydrogens (tertiary/aromatic N) is 2. The van der Waals surface area contributed by atoms with Gasteiger partial charge in [0.25, 0.3) is 0 Å². The van der Waals surface area contributed by atoms with Gasteiger partial charge in [-0.1, -0.05) is 51.1 Å². The highest BCUT2D eigenvalue weighted by Gasteiger charge is 2.15. The zero-order valence-electron chi connectivity index (χ0n) is 17.9. The fourth-order valence-corrected chi connectivity index (χ4v) is 4.12. The van der Waals surface area contributed by atoms with E-state index in [1.54, 1.807) is 24.3 Å². The molecule has 3 N–H and O–H groups in total. The number of aromatic nitrogens is 3. The Balaban J connectivity index is 1.68. The minimum atomic E-state index is -3.53. The van der Waals surface area contributed by atoms with Crippen LogP contribution in [0.1, 0.15) is 26.3 Å². The topological polar surface area (TPSA) is 99.8 Å². The van der Waals surface area contributed by atoms with Crippen molar-refractivity contribution in [1.29, 1.82) is 0 Å². The lowest BCUT2D eigenvalue weighted by molar-refractivity contribution is 0.588. The quantitative estimate of drug-likeness (QED) is 0.426. The maximum absolute atomic E-state index is 12.1. The van der Waals surface area contributed by atoms with Gasteiger partial charge in [-0.15, -0.1) is 0 Å². The number of H-pyrrole nitrogens is 1. The highest BCUT2D eigenvalue weighted by atomic mass is 32.2. The van der Waals surface area contributed by atoms with E-state index < -0.39 is 10.0 Å². The van der Waals surface area contributed by atoms with Gasteiger partial charge in [0.1, 0.15) is 17.8 Å². The largest absolute Gasteiger partial charge is 0.340 e. The van der Waals surface area contributed by atoms with Gasteiger partial charge < -0.3 is 10.3 Å². The molecule has 160 valence electrons. The molecule has 0 radical (unpaired) electrons. The summed E-state index contributed by atoms with van der Waals surface area (Å²) in [6.07, 6.45) is 1.47. The summed E-state index contributed by atoms with van der Waals surface area (Å²) in [6, 6.07) is 17.1. The molecule has 0 atom stereocenters. The molecule has 0 aliphatic rings. The highest BCUT2D eigenvalue weighted by molar-refractivity contribution is 7.89. The molecule has 0 spiro atoms. The van der Waals surface area contributed by atoms with Gasteiger partial charge >= 0.3 is 0 Å². The van der Waals surface area contributed by atoms with Gasteiger partial charge in [-0.05, 0) is 47.9 Å².